The van der Waals surface area contributed by atoms with Crippen LogP contribution in [0.1, 0.15) is 22.2 Å². The van der Waals surface area contributed by atoms with Crippen molar-refractivity contribution in [2.24, 2.45) is 0 Å². The van der Waals surface area contributed by atoms with Crippen molar-refractivity contribution in [2.75, 3.05) is 51.3 Å². The number of hydrogen-bond acceptors (Lipinski definition) is 7. The molecular formula is C16H23N4O3S+. The van der Waals surface area contributed by atoms with Crippen LogP contribution >= 0.6 is 11.3 Å². The van der Waals surface area contributed by atoms with E-state index in [-0.39, 0.29) is 5.97 Å². The quantitative estimate of drug-likeness (QED) is 0.738. The minimum atomic E-state index is -0.290. The number of thiophene rings is 1. The average molecular weight is 351 g/mol. The SMILES string of the molecule is CCOC(=O)c1sc2ncnc(NCC[NH+]3CCOCC3)c2c1C. The zero-order valence-corrected chi connectivity index (χ0v) is 14.9. The lowest BCUT2D eigenvalue weighted by molar-refractivity contribution is -0.906. The minimum Gasteiger partial charge on any atom is -0.462 e. The summed E-state index contributed by atoms with van der Waals surface area (Å²) < 4.78 is 10.5. The van der Waals surface area contributed by atoms with E-state index in [1.807, 2.05) is 6.92 Å². The van der Waals surface area contributed by atoms with Gasteiger partial charge < -0.3 is 19.7 Å². The predicted molar refractivity (Wildman–Crippen MR) is 93.0 cm³/mol. The first kappa shape index (κ1) is 17.1. The smallest absolute Gasteiger partial charge is 0.348 e. The second kappa shape index (κ2) is 7.87. The van der Waals surface area contributed by atoms with Gasteiger partial charge in [0.25, 0.3) is 0 Å². The average Bonchev–Trinajstić information content (AvgIpc) is 2.94. The number of ether oxygens (including phenoxy) is 2. The van der Waals surface area contributed by atoms with E-state index in [2.05, 4.69) is 15.3 Å². The lowest BCUT2D eigenvalue weighted by atomic mass is 10.2. The number of quaternary nitrogens is 1. The van der Waals surface area contributed by atoms with E-state index in [0.29, 0.717) is 11.5 Å². The number of carbonyl (C=O) groups excluding carboxylic acids is 1. The summed E-state index contributed by atoms with van der Waals surface area (Å²) in [6, 6.07) is 0. The summed E-state index contributed by atoms with van der Waals surface area (Å²) in [6.45, 7) is 9.70. The van der Waals surface area contributed by atoms with E-state index >= 15 is 0 Å². The Morgan fingerprint density at radius 2 is 2.21 bits per heavy atom. The number of carbonyl (C=O) groups is 1. The molecule has 2 aromatic heterocycles. The second-order valence-corrected chi connectivity index (χ2v) is 6.72. The molecule has 7 nitrogen and oxygen atoms in total. The van der Waals surface area contributed by atoms with Gasteiger partial charge in [0, 0.05) is 0 Å². The maximum atomic E-state index is 12.1. The largest absolute Gasteiger partial charge is 0.462 e. The summed E-state index contributed by atoms with van der Waals surface area (Å²) >= 11 is 1.36. The Morgan fingerprint density at radius 1 is 1.42 bits per heavy atom. The van der Waals surface area contributed by atoms with Crippen LogP contribution in [-0.4, -0.2) is 61.9 Å². The molecule has 0 spiro atoms. The van der Waals surface area contributed by atoms with Crippen LogP contribution in [0.25, 0.3) is 10.2 Å². The molecule has 2 aromatic rings. The topological polar surface area (TPSA) is 77.8 Å². The fourth-order valence-corrected chi connectivity index (χ4v) is 3.91. The van der Waals surface area contributed by atoms with Gasteiger partial charge in [-0.2, -0.15) is 0 Å². The fraction of sp³-hybridized carbons (Fsp3) is 0.562. The molecule has 1 aliphatic heterocycles. The number of fused-ring (bicyclic) bond motifs is 1. The highest BCUT2D eigenvalue weighted by Gasteiger charge is 2.20. The molecule has 1 aliphatic rings. The Labute approximate surface area is 145 Å². The van der Waals surface area contributed by atoms with Gasteiger partial charge in [-0.15, -0.1) is 11.3 Å². The molecule has 0 radical (unpaired) electrons. The molecule has 0 amide bonds. The van der Waals surface area contributed by atoms with Crippen molar-refractivity contribution < 1.29 is 19.2 Å². The van der Waals surface area contributed by atoms with Crippen LogP contribution in [-0.2, 0) is 9.47 Å². The van der Waals surface area contributed by atoms with Gasteiger partial charge in [0.05, 0.1) is 38.3 Å². The summed E-state index contributed by atoms with van der Waals surface area (Å²) in [5.41, 5.74) is 0.885. The van der Waals surface area contributed by atoms with Crippen LogP contribution in [0, 0.1) is 6.92 Å². The fourth-order valence-electron chi connectivity index (χ4n) is 2.86. The van der Waals surface area contributed by atoms with Gasteiger partial charge in [-0.25, -0.2) is 14.8 Å². The van der Waals surface area contributed by atoms with Gasteiger partial charge in [0.2, 0.25) is 0 Å². The Bertz CT molecular complexity index is 713. The van der Waals surface area contributed by atoms with Gasteiger partial charge in [-0.05, 0) is 19.4 Å². The minimum absolute atomic E-state index is 0.290. The molecule has 24 heavy (non-hydrogen) atoms. The first-order valence-electron chi connectivity index (χ1n) is 8.27. The molecule has 0 aliphatic carbocycles. The van der Waals surface area contributed by atoms with E-state index in [1.165, 1.54) is 22.6 Å². The van der Waals surface area contributed by atoms with Crippen molar-refractivity contribution in [3.63, 3.8) is 0 Å². The molecule has 0 unspecified atom stereocenters. The van der Waals surface area contributed by atoms with E-state index < -0.39 is 0 Å². The molecule has 2 N–H and O–H groups in total. The zero-order chi connectivity index (χ0) is 16.9. The van der Waals surface area contributed by atoms with E-state index in [1.54, 1.807) is 6.92 Å². The zero-order valence-electron chi connectivity index (χ0n) is 14.1. The molecule has 8 heteroatoms. The third kappa shape index (κ3) is 3.66. The second-order valence-electron chi connectivity index (χ2n) is 5.72. The highest BCUT2D eigenvalue weighted by atomic mass is 32.1. The lowest BCUT2D eigenvalue weighted by Gasteiger charge is -2.23. The van der Waals surface area contributed by atoms with Gasteiger partial charge in [0.15, 0.2) is 0 Å². The molecular weight excluding hydrogens is 328 g/mol. The molecule has 3 heterocycles. The molecule has 0 saturated carbocycles. The van der Waals surface area contributed by atoms with Crippen LogP contribution in [0.3, 0.4) is 0 Å². The van der Waals surface area contributed by atoms with Gasteiger partial charge in [-0.3, -0.25) is 0 Å². The molecule has 1 fully saturated rings. The standard InChI is InChI=1S/C16H22N4O3S/c1-3-23-16(21)13-11(2)12-14(18-10-19-15(12)24-13)17-4-5-20-6-8-22-9-7-20/h10H,3-9H2,1-2H3,(H,17,18,19)/p+1. The maximum Gasteiger partial charge on any atom is 0.348 e. The number of nitrogens with one attached hydrogen (secondary N) is 2. The summed E-state index contributed by atoms with van der Waals surface area (Å²) in [7, 11) is 0. The van der Waals surface area contributed by atoms with Crippen LogP contribution in [0.15, 0.2) is 6.33 Å². The van der Waals surface area contributed by atoms with Crippen LogP contribution < -0.4 is 10.2 Å². The number of morpholine rings is 1. The van der Waals surface area contributed by atoms with Crippen molar-refractivity contribution >= 4 is 33.3 Å². The molecule has 1 saturated heterocycles. The van der Waals surface area contributed by atoms with Gasteiger partial charge in [-0.1, -0.05) is 0 Å². The van der Waals surface area contributed by atoms with E-state index in [0.717, 1.165) is 61.0 Å². The van der Waals surface area contributed by atoms with E-state index in [4.69, 9.17) is 9.47 Å². The summed E-state index contributed by atoms with van der Waals surface area (Å²) in [4.78, 5) is 23.7. The molecule has 3 rings (SSSR count). The molecule has 130 valence electrons. The normalized spacial score (nSPS) is 15.6. The summed E-state index contributed by atoms with van der Waals surface area (Å²) in [6.07, 6.45) is 1.54. The Kier molecular flexibility index (Phi) is 5.60. The van der Waals surface area contributed by atoms with Gasteiger partial charge in [0.1, 0.15) is 34.9 Å². The lowest BCUT2D eigenvalue weighted by Crippen LogP contribution is -3.14. The number of esters is 1. The highest BCUT2D eigenvalue weighted by Crippen LogP contribution is 2.33. The first-order valence-corrected chi connectivity index (χ1v) is 9.08. The number of aromatic nitrogens is 2. The monoisotopic (exact) mass is 351 g/mol. The van der Waals surface area contributed by atoms with Crippen molar-refractivity contribution in [3.8, 4) is 0 Å². The Morgan fingerprint density at radius 3 is 2.96 bits per heavy atom. The van der Waals surface area contributed by atoms with Crippen molar-refractivity contribution in [1.29, 1.82) is 0 Å². The summed E-state index contributed by atoms with van der Waals surface area (Å²) in [5, 5.41) is 4.32. The summed E-state index contributed by atoms with van der Waals surface area (Å²) in [5.74, 6) is 0.499. The van der Waals surface area contributed by atoms with Crippen LogP contribution in [0.4, 0.5) is 5.82 Å². The first-order chi connectivity index (χ1) is 11.7. The number of anilines is 1. The van der Waals surface area contributed by atoms with Crippen molar-refractivity contribution in [3.05, 3.63) is 16.8 Å². The Hall–Kier alpha value is -1.77. The molecule has 0 atom stereocenters. The number of rotatable bonds is 6. The molecule has 0 bridgehead atoms. The maximum absolute atomic E-state index is 12.1. The van der Waals surface area contributed by atoms with Crippen LogP contribution in [0.2, 0.25) is 0 Å². The number of nitrogens with zero attached hydrogens (tertiary/aromatic N) is 2. The number of aryl methyl sites for hydroxylation is 1. The number of hydrogen-bond donors (Lipinski definition) is 2. The van der Waals surface area contributed by atoms with Gasteiger partial charge >= 0.3 is 5.97 Å². The predicted octanol–water partition coefficient (Wildman–Crippen LogP) is 0.503. The van der Waals surface area contributed by atoms with Crippen LogP contribution in [0.5, 0.6) is 0 Å². The molecule has 0 aromatic carbocycles. The third-order valence-corrected chi connectivity index (χ3v) is 5.34. The van der Waals surface area contributed by atoms with Crippen molar-refractivity contribution in [2.45, 2.75) is 13.8 Å². The highest BCUT2D eigenvalue weighted by molar-refractivity contribution is 7.20. The third-order valence-electron chi connectivity index (χ3n) is 4.16. The van der Waals surface area contributed by atoms with E-state index in [9.17, 15) is 4.79 Å². The Balaban J connectivity index is 1.74. The van der Waals surface area contributed by atoms with Crippen molar-refractivity contribution in [1.82, 2.24) is 9.97 Å².